The van der Waals surface area contributed by atoms with Crippen LogP contribution in [0.15, 0.2) is 48.5 Å². The number of methoxy groups -OCH3 is 6. The van der Waals surface area contributed by atoms with Crippen LogP contribution in [-0.2, 0) is 38.8 Å². The van der Waals surface area contributed by atoms with Gasteiger partial charge in [-0.25, -0.2) is 0 Å². The lowest BCUT2D eigenvalue weighted by Crippen LogP contribution is -2.39. The zero-order valence-corrected chi connectivity index (χ0v) is 31.2. The van der Waals surface area contributed by atoms with Crippen LogP contribution in [0.3, 0.4) is 0 Å². The van der Waals surface area contributed by atoms with Crippen molar-refractivity contribution in [3.8, 4) is 40.6 Å². The molecule has 8 rings (SSSR count). The second-order valence-corrected chi connectivity index (χ2v) is 13.7. The highest BCUT2D eigenvalue weighted by Crippen LogP contribution is 2.46. The molecule has 0 saturated heterocycles. The fourth-order valence-corrected chi connectivity index (χ4v) is 8.65. The van der Waals surface area contributed by atoms with E-state index in [1.54, 1.807) is 48.7 Å². The predicted molar refractivity (Wildman–Crippen MR) is 199 cm³/mol. The van der Waals surface area contributed by atoms with Crippen molar-refractivity contribution in [2.24, 2.45) is 5.73 Å². The molecule has 4 aliphatic rings. The van der Waals surface area contributed by atoms with Gasteiger partial charge in [-0.1, -0.05) is 12.1 Å². The fraction of sp³-hybridized carbons (Fsp3) is 0.381. The van der Waals surface area contributed by atoms with Crippen LogP contribution in [-0.4, -0.2) is 71.5 Å². The van der Waals surface area contributed by atoms with Crippen molar-refractivity contribution in [3.63, 3.8) is 0 Å². The molecule has 4 aliphatic heterocycles. The van der Waals surface area contributed by atoms with Gasteiger partial charge < -0.3 is 34.2 Å². The average molecular weight is 719 g/mol. The SMILES string of the molecule is COc1cc2c(cc1OC)[C@@H]1Cc3ccc(C#N)c(OC)c3CN1CC2.COc1cc2c(cc1OC)[C@@H]1Cc3ccc(C(N)=O)c(OC)c3CN1CC2. The highest BCUT2D eigenvalue weighted by Gasteiger charge is 2.36. The van der Waals surface area contributed by atoms with Gasteiger partial charge in [0.1, 0.15) is 17.6 Å². The number of benzene rings is 4. The van der Waals surface area contributed by atoms with Gasteiger partial charge in [-0.2, -0.15) is 5.26 Å². The van der Waals surface area contributed by atoms with Crippen LogP contribution in [0.25, 0.3) is 0 Å². The Morgan fingerprint density at radius 3 is 1.53 bits per heavy atom. The number of amides is 1. The summed E-state index contributed by atoms with van der Waals surface area (Å²) in [4.78, 5) is 16.7. The third-order valence-corrected chi connectivity index (χ3v) is 11.3. The van der Waals surface area contributed by atoms with Gasteiger partial charge in [0.05, 0.1) is 53.8 Å². The summed E-state index contributed by atoms with van der Waals surface area (Å²) >= 11 is 0. The van der Waals surface area contributed by atoms with E-state index in [-0.39, 0.29) is 6.04 Å². The number of primary amides is 1. The molecule has 4 aromatic carbocycles. The molecule has 4 heterocycles. The molecular weight excluding hydrogens is 672 g/mol. The highest BCUT2D eigenvalue weighted by atomic mass is 16.5. The quantitative estimate of drug-likeness (QED) is 0.254. The van der Waals surface area contributed by atoms with E-state index in [0.717, 1.165) is 91.7 Å². The maximum atomic E-state index is 11.7. The second-order valence-electron chi connectivity index (χ2n) is 13.7. The summed E-state index contributed by atoms with van der Waals surface area (Å²) in [5.41, 5.74) is 16.4. The summed E-state index contributed by atoms with van der Waals surface area (Å²) in [5.74, 6) is 3.96. The third-order valence-electron chi connectivity index (χ3n) is 11.3. The number of fused-ring (bicyclic) bond motifs is 8. The monoisotopic (exact) mass is 718 g/mol. The lowest BCUT2D eigenvalue weighted by Gasteiger charge is -2.42. The number of rotatable bonds is 7. The summed E-state index contributed by atoms with van der Waals surface area (Å²) in [6.45, 7) is 3.45. The van der Waals surface area contributed by atoms with Crippen molar-refractivity contribution in [1.29, 1.82) is 5.26 Å². The molecule has 4 aromatic rings. The molecule has 0 unspecified atom stereocenters. The molecule has 0 aliphatic carbocycles. The first-order chi connectivity index (χ1) is 25.8. The first-order valence-corrected chi connectivity index (χ1v) is 17.8. The molecule has 276 valence electrons. The second kappa shape index (κ2) is 14.9. The van der Waals surface area contributed by atoms with Gasteiger partial charge >= 0.3 is 0 Å². The van der Waals surface area contributed by atoms with Crippen LogP contribution in [0.5, 0.6) is 34.5 Å². The zero-order valence-electron chi connectivity index (χ0n) is 31.2. The van der Waals surface area contributed by atoms with E-state index in [4.69, 9.17) is 34.2 Å². The zero-order chi connectivity index (χ0) is 37.4. The van der Waals surface area contributed by atoms with Crippen LogP contribution < -0.4 is 34.2 Å². The average Bonchev–Trinajstić information content (AvgIpc) is 3.20. The predicted octanol–water partition coefficient (Wildman–Crippen LogP) is 5.71. The topological polar surface area (TPSA) is 129 Å². The number of carbonyl (C=O) groups excluding carboxylic acids is 1. The van der Waals surface area contributed by atoms with Gasteiger partial charge in [-0.3, -0.25) is 14.6 Å². The molecule has 53 heavy (non-hydrogen) atoms. The van der Waals surface area contributed by atoms with Crippen molar-refractivity contribution in [3.05, 3.63) is 104 Å². The minimum absolute atomic E-state index is 0.269. The summed E-state index contributed by atoms with van der Waals surface area (Å²) in [7, 11) is 9.92. The van der Waals surface area contributed by atoms with Crippen molar-refractivity contribution < 1.29 is 33.2 Å². The number of nitrogens with two attached hydrogens (primary N) is 1. The molecule has 1 amide bonds. The van der Waals surface area contributed by atoms with Gasteiger partial charge in [-0.05, 0) is 95.5 Å². The van der Waals surface area contributed by atoms with Gasteiger partial charge in [0.2, 0.25) is 0 Å². The smallest absolute Gasteiger partial charge is 0.252 e. The third kappa shape index (κ3) is 6.36. The first kappa shape index (κ1) is 35.9. The van der Waals surface area contributed by atoms with Gasteiger partial charge in [0.15, 0.2) is 23.0 Å². The highest BCUT2D eigenvalue weighted by molar-refractivity contribution is 5.96. The summed E-state index contributed by atoms with van der Waals surface area (Å²) in [6, 6.07) is 19.0. The molecule has 0 aromatic heterocycles. The van der Waals surface area contributed by atoms with E-state index in [2.05, 4.69) is 46.2 Å². The molecule has 2 N–H and O–H groups in total. The first-order valence-electron chi connectivity index (χ1n) is 17.8. The Morgan fingerprint density at radius 2 is 1.09 bits per heavy atom. The van der Waals surface area contributed by atoms with Crippen LogP contribution in [0.4, 0.5) is 0 Å². The lowest BCUT2D eigenvalue weighted by atomic mass is 9.83. The van der Waals surface area contributed by atoms with Gasteiger partial charge in [0.25, 0.3) is 5.91 Å². The Kier molecular flexibility index (Phi) is 10.1. The number of carbonyl (C=O) groups is 1. The van der Waals surface area contributed by atoms with Crippen LogP contribution in [0, 0.1) is 11.3 Å². The van der Waals surface area contributed by atoms with E-state index < -0.39 is 5.91 Å². The van der Waals surface area contributed by atoms with E-state index in [9.17, 15) is 10.1 Å². The lowest BCUT2D eigenvalue weighted by molar-refractivity contribution is 0.0996. The maximum absolute atomic E-state index is 11.7. The Balaban J connectivity index is 0.000000164. The van der Waals surface area contributed by atoms with Crippen molar-refractivity contribution in [2.75, 3.05) is 55.7 Å². The van der Waals surface area contributed by atoms with E-state index in [1.165, 1.54) is 33.4 Å². The molecule has 11 nitrogen and oxygen atoms in total. The molecular formula is C42H46N4O7. The van der Waals surface area contributed by atoms with Gasteiger partial charge in [-0.15, -0.1) is 0 Å². The van der Waals surface area contributed by atoms with E-state index in [1.807, 2.05) is 12.1 Å². The fourth-order valence-electron chi connectivity index (χ4n) is 8.65. The molecule has 0 radical (unpaired) electrons. The number of nitriles is 1. The number of nitrogens with zero attached hydrogens (tertiary/aromatic N) is 3. The maximum Gasteiger partial charge on any atom is 0.252 e. The summed E-state index contributed by atoms with van der Waals surface area (Å²) < 4.78 is 33.1. The molecule has 11 heteroatoms. The molecule has 0 fully saturated rings. The van der Waals surface area contributed by atoms with Crippen molar-refractivity contribution >= 4 is 5.91 Å². The van der Waals surface area contributed by atoms with Crippen LogP contribution >= 0.6 is 0 Å². The molecule has 2 atom stereocenters. The van der Waals surface area contributed by atoms with Crippen molar-refractivity contribution in [2.45, 2.75) is 50.9 Å². The number of hydrogen-bond acceptors (Lipinski definition) is 10. The van der Waals surface area contributed by atoms with Gasteiger partial charge in [0, 0.05) is 49.4 Å². The van der Waals surface area contributed by atoms with Crippen LogP contribution in [0.2, 0.25) is 0 Å². The Hall–Kier alpha value is -5.44. The minimum atomic E-state index is -0.461. The molecule has 0 saturated carbocycles. The number of ether oxygens (including phenoxy) is 6. The summed E-state index contributed by atoms with van der Waals surface area (Å²) in [6.07, 6.45) is 3.67. The Labute approximate surface area is 310 Å². The largest absolute Gasteiger partial charge is 0.496 e. The van der Waals surface area contributed by atoms with E-state index >= 15 is 0 Å². The Morgan fingerprint density at radius 1 is 0.642 bits per heavy atom. The summed E-state index contributed by atoms with van der Waals surface area (Å²) in [5, 5.41) is 9.35. The molecule has 0 bridgehead atoms. The Bertz CT molecular complexity index is 2110. The normalized spacial score (nSPS) is 18.1. The van der Waals surface area contributed by atoms with Crippen molar-refractivity contribution in [1.82, 2.24) is 9.80 Å². The minimum Gasteiger partial charge on any atom is -0.496 e. The van der Waals surface area contributed by atoms with Crippen LogP contribution in [0.1, 0.15) is 72.5 Å². The standard InChI is InChI=1S/C21H24N2O4.C21H22N2O3/c1-25-18-9-13-6-7-23-11-16-12(4-5-14(21(22)24)20(16)27-3)8-17(23)15(13)10-19(18)26-2;1-24-19-9-14-6-7-23-12-17-13(4-5-15(11-22)21(17)26-3)8-18(23)16(14)10-20(19)25-2/h4-5,9-10,17H,6-8,11H2,1-3H3,(H2,22,24);4-5,9-10,18H,6-8,12H2,1-3H3/t17-;18-/m00/s1. The van der Waals surface area contributed by atoms with E-state index in [0.29, 0.717) is 22.9 Å². The molecule has 0 spiro atoms. The number of hydrogen-bond donors (Lipinski definition) is 1.